The number of hydrogen-bond acceptors (Lipinski definition) is 5. The van der Waals surface area contributed by atoms with Crippen LogP contribution in [0.15, 0.2) is 48.5 Å². The van der Waals surface area contributed by atoms with Crippen molar-refractivity contribution in [1.82, 2.24) is 15.6 Å². The Balaban J connectivity index is 1.46. The van der Waals surface area contributed by atoms with Crippen LogP contribution in [-0.4, -0.2) is 35.8 Å². The number of aryl methyl sites for hydroxylation is 1. The molecule has 0 aliphatic heterocycles. The van der Waals surface area contributed by atoms with E-state index in [2.05, 4.69) is 20.9 Å². The van der Waals surface area contributed by atoms with E-state index in [4.69, 9.17) is 23.2 Å². The smallest absolute Gasteiger partial charge is 0.253 e. The van der Waals surface area contributed by atoms with Crippen molar-refractivity contribution in [3.8, 4) is 10.4 Å². The first-order chi connectivity index (χ1) is 14.8. The Bertz CT molecular complexity index is 1120. The SMILES string of the molecule is Cc1nc(NC(=O)CNC(=O)CNC(=O)c2ccc(Cl)cc2Cl)sc1-c1ccccc1. The summed E-state index contributed by atoms with van der Waals surface area (Å²) in [6.07, 6.45) is 0. The third-order valence-electron chi connectivity index (χ3n) is 4.11. The Hall–Kier alpha value is -2.94. The van der Waals surface area contributed by atoms with Crippen molar-refractivity contribution in [3.05, 3.63) is 69.8 Å². The zero-order valence-corrected chi connectivity index (χ0v) is 18.7. The average molecular weight is 477 g/mol. The highest BCUT2D eigenvalue weighted by atomic mass is 35.5. The van der Waals surface area contributed by atoms with E-state index in [1.54, 1.807) is 0 Å². The average Bonchev–Trinajstić information content (AvgIpc) is 3.11. The van der Waals surface area contributed by atoms with Crippen molar-refractivity contribution in [2.75, 3.05) is 18.4 Å². The number of benzene rings is 2. The molecule has 3 rings (SSSR count). The van der Waals surface area contributed by atoms with E-state index in [1.807, 2.05) is 37.3 Å². The number of hydrogen-bond donors (Lipinski definition) is 3. The summed E-state index contributed by atoms with van der Waals surface area (Å²) in [5, 5.41) is 8.58. The lowest BCUT2D eigenvalue weighted by Crippen LogP contribution is -2.40. The van der Waals surface area contributed by atoms with Gasteiger partial charge >= 0.3 is 0 Å². The molecule has 0 radical (unpaired) electrons. The molecule has 31 heavy (non-hydrogen) atoms. The van der Waals surface area contributed by atoms with Crippen LogP contribution in [0.25, 0.3) is 10.4 Å². The van der Waals surface area contributed by atoms with Crippen LogP contribution in [0.3, 0.4) is 0 Å². The molecule has 0 bridgehead atoms. The first kappa shape index (κ1) is 22.7. The van der Waals surface area contributed by atoms with Crippen molar-refractivity contribution in [2.24, 2.45) is 0 Å². The van der Waals surface area contributed by atoms with E-state index < -0.39 is 17.7 Å². The third kappa shape index (κ3) is 6.27. The molecule has 0 atom stereocenters. The molecule has 160 valence electrons. The number of thiazole rings is 1. The summed E-state index contributed by atoms with van der Waals surface area (Å²) in [5.74, 6) is -1.46. The Morgan fingerprint density at radius 1 is 0.968 bits per heavy atom. The molecule has 0 aliphatic rings. The third-order valence-corrected chi connectivity index (χ3v) is 5.78. The topological polar surface area (TPSA) is 100 Å². The summed E-state index contributed by atoms with van der Waals surface area (Å²) >= 11 is 13.1. The van der Waals surface area contributed by atoms with Crippen LogP contribution in [0.5, 0.6) is 0 Å². The van der Waals surface area contributed by atoms with Gasteiger partial charge in [-0.2, -0.15) is 0 Å². The highest BCUT2D eigenvalue weighted by Gasteiger charge is 2.14. The van der Waals surface area contributed by atoms with Crippen LogP contribution < -0.4 is 16.0 Å². The monoisotopic (exact) mass is 476 g/mol. The normalized spacial score (nSPS) is 10.4. The second-order valence-corrected chi connectivity index (χ2v) is 8.27. The second-order valence-electron chi connectivity index (χ2n) is 6.43. The van der Waals surface area contributed by atoms with Gasteiger partial charge in [0.15, 0.2) is 5.13 Å². The molecule has 7 nitrogen and oxygen atoms in total. The van der Waals surface area contributed by atoms with Crippen LogP contribution in [-0.2, 0) is 9.59 Å². The summed E-state index contributed by atoms with van der Waals surface area (Å²) in [6.45, 7) is 1.31. The van der Waals surface area contributed by atoms with E-state index in [9.17, 15) is 14.4 Å². The summed E-state index contributed by atoms with van der Waals surface area (Å²) in [4.78, 5) is 41.5. The minimum Gasteiger partial charge on any atom is -0.345 e. The van der Waals surface area contributed by atoms with Crippen LogP contribution in [0.1, 0.15) is 16.1 Å². The van der Waals surface area contributed by atoms with Gasteiger partial charge < -0.3 is 16.0 Å². The van der Waals surface area contributed by atoms with E-state index >= 15 is 0 Å². The van der Waals surface area contributed by atoms with Gasteiger partial charge in [-0.15, -0.1) is 0 Å². The molecule has 3 aromatic rings. The fraction of sp³-hybridized carbons (Fsp3) is 0.143. The minimum atomic E-state index is -0.520. The molecule has 0 saturated heterocycles. The summed E-state index contributed by atoms with van der Waals surface area (Å²) in [6, 6.07) is 14.2. The highest BCUT2D eigenvalue weighted by molar-refractivity contribution is 7.19. The molecule has 3 amide bonds. The van der Waals surface area contributed by atoms with E-state index in [1.165, 1.54) is 29.5 Å². The molecule has 1 heterocycles. The fourth-order valence-electron chi connectivity index (χ4n) is 2.64. The number of rotatable bonds is 7. The second kappa shape index (κ2) is 10.4. The summed E-state index contributed by atoms with van der Waals surface area (Å²) in [7, 11) is 0. The Morgan fingerprint density at radius 3 is 2.39 bits per heavy atom. The number of nitrogens with one attached hydrogen (secondary N) is 3. The molecular formula is C21H18Cl2N4O3S. The highest BCUT2D eigenvalue weighted by Crippen LogP contribution is 2.32. The largest absolute Gasteiger partial charge is 0.345 e. The van der Waals surface area contributed by atoms with Crippen molar-refractivity contribution in [1.29, 1.82) is 0 Å². The standard InChI is InChI=1S/C21H18Cl2N4O3S/c1-12-19(13-5-3-2-4-6-13)31-21(26-12)27-18(29)11-24-17(28)10-25-20(30)15-8-7-14(22)9-16(15)23/h2-9H,10-11H2,1H3,(H,24,28)(H,25,30)(H,26,27,29). The van der Waals surface area contributed by atoms with Crippen molar-refractivity contribution in [3.63, 3.8) is 0 Å². The van der Waals surface area contributed by atoms with E-state index in [0.717, 1.165) is 16.1 Å². The number of nitrogens with zero attached hydrogens (tertiary/aromatic N) is 1. The molecule has 10 heteroatoms. The number of amides is 3. The van der Waals surface area contributed by atoms with Gasteiger partial charge in [0.1, 0.15) is 0 Å². The first-order valence-corrected chi connectivity index (χ1v) is 10.7. The lowest BCUT2D eigenvalue weighted by atomic mass is 10.2. The minimum absolute atomic E-state index is 0.179. The molecule has 2 aromatic carbocycles. The Morgan fingerprint density at radius 2 is 1.68 bits per heavy atom. The van der Waals surface area contributed by atoms with Crippen LogP contribution >= 0.6 is 34.5 Å². The molecule has 0 unspecified atom stereocenters. The van der Waals surface area contributed by atoms with Gasteiger partial charge in [0.25, 0.3) is 5.91 Å². The predicted octanol–water partition coefficient (Wildman–Crippen LogP) is 3.91. The lowest BCUT2D eigenvalue weighted by molar-refractivity contribution is -0.123. The zero-order chi connectivity index (χ0) is 22.4. The number of carbonyl (C=O) groups excluding carboxylic acids is 3. The van der Waals surface area contributed by atoms with Gasteiger partial charge in [-0.3, -0.25) is 14.4 Å². The van der Waals surface area contributed by atoms with Crippen molar-refractivity contribution < 1.29 is 14.4 Å². The molecule has 0 fully saturated rings. The van der Waals surface area contributed by atoms with Crippen LogP contribution in [0, 0.1) is 6.92 Å². The van der Waals surface area contributed by atoms with Crippen LogP contribution in [0.2, 0.25) is 10.0 Å². The van der Waals surface area contributed by atoms with Gasteiger partial charge in [-0.05, 0) is 30.7 Å². The van der Waals surface area contributed by atoms with Gasteiger partial charge in [0, 0.05) is 5.02 Å². The number of aromatic nitrogens is 1. The Labute approximate surface area is 192 Å². The van der Waals surface area contributed by atoms with Gasteiger partial charge in [-0.1, -0.05) is 64.9 Å². The quantitative estimate of drug-likeness (QED) is 0.481. The molecule has 0 saturated carbocycles. The molecule has 0 aliphatic carbocycles. The van der Waals surface area contributed by atoms with Gasteiger partial charge in [0.2, 0.25) is 11.8 Å². The summed E-state index contributed by atoms with van der Waals surface area (Å²) in [5.41, 5.74) is 2.02. The molecular weight excluding hydrogens is 459 g/mol. The first-order valence-electron chi connectivity index (χ1n) is 9.16. The number of halogens is 2. The zero-order valence-electron chi connectivity index (χ0n) is 16.4. The van der Waals surface area contributed by atoms with Gasteiger partial charge in [-0.25, -0.2) is 4.98 Å². The van der Waals surface area contributed by atoms with E-state index in [0.29, 0.717) is 10.2 Å². The summed E-state index contributed by atoms with van der Waals surface area (Å²) < 4.78 is 0. The van der Waals surface area contributed by atoms with Gasteiger partial charge in [0.05, 0.1) is 34.2 Å². The van der Waals surface area contributed by atoms with Crippen molar-refractivity contribution >= 4 is 57.4 Å². The Kier molecular flexibility index (Phi) is 7.62. The molecule has 1 aromatic heterocycles. The molecule has 3 N–H and O–H groups in total. The fourth-order valence-corrected chi connectivity index (χ4v) is 4.12. The number of carbonyl (C=O) groups is 3. The maximum Gasteiger partial charge on any atom is 0.253 e. The molecule has 0 spiro atoms. The van der Waals surface area contributed by atoms with Crippen molar-refractivity contribution in [2.45, 2.75) is 6.92 Å². The van der Waals surface area contributed by atoms with Crippen LogP contribution in [0.4, 0.5) is 5.13 Å². The maximum atomic E-state index is 12.1. The van der Waals surface area contributed by atoms with E-state index in [-0.39, 0.29) is 23.7 Å². The maximum absolute atomic E-state index is 12.1. The predicted molar refractivity (Wildman–Crippen MR) is 123 cm³/mol. The number of anilines is 1. The lowest BCUT2D eigenvalue weighted by Gasteiger charge is -2.08.